The van der Waals surface area contributed by atoms with Gasteiger partial charge in [0.05, 0.1) is 5.57 Å². The summed E-state index contributed by atoms with van der Waals surface area (Å²) in [4.78, 5) is 3.43. The van der Waals surface area contributed by atoms with Gasteiger partial charge in [0.25, 0.3) is 0 Å². The van der Waals surface area contributed by atoms with Gasteiger partial charge in [-0.2, -0.15) is 0 Å². The van der Waals surface area contributed by atoms with Gasteiger partial charge in [-0.3, -0.25) is 0 Å². The van der Waals surface area contributed by atoms with Crippen LogP contribution in [0.3, 0.4) is 0 Å². The number of aryl methyl sites for hydroxylation is 4. The molecule has 2 aromatic rings. The molecule has 0 heterocycles. The van der Waals surface area contributed by atoms with Crippen molar-refractivity contribution in [2.75, 3.05) is 0 Å². The second-order valence-corrected chi connectivity index (χ2v) is 12.7. The summed E-state index contributed by atoms with van der Waals surface area (Å²) in [6.45, 7) is 13.6. The maximum Gasteiger partial charge on any atom is 2.00 e. The molecule has 0 aliphatic heterocycles. The van der Waals surface area contributed by atoms with Crippen LogP contribution >= 0.6 is 0 Å². The first-order valence-electron chi connectivity index (χ1n) is 17.9. The number of nitrogens with zero attached hydrogens (tertiary/aromatic N) is 2. The van der Waals surface area contributed by atoms with E-state index in [1.807, 2.05) is 0 Å². The third kappa shape index (κ3) is 16.6. The van der Waals surface area contributed by atoms with Crippen LogP contribution < -0.4 is 0 Å². The first kappa shape index (κ1) is 46.0. The van der Waals surface area contributed by atoms with Crippen LogP contribution in [-0.2, 0) is 42.2 Å². The maximum atomic E-state index is 9.63. The molecule has 0 radical (unpaired) electrons. The van der Waals surface area contributed by atoms with Crippen molar-refractivity contribution in [3.05, 3.63) is 101 Å². The van der Waals surface area contributed by atoms with E-state index in [0.717, 1.165) is 50.5 Å². The fourth-order valence-corrected chi connectivity index (χ4v) is 6.16. The van der Waals surface area contributed by atoms with E-state index >= 15 is 0 Å². The summed E-state index contributed by atoms with van der Waals surface area (Å²) in [6.07, 6.45) is 22.6. The van der Waals surface area contributed by atoms with Crippen molar-refractivity contribution in [3.8, 4) is 0 Å². The standard InChI is InChI=1S/C41H62N2.2CH3.Ni/c1-7-12-17-19-23-36-27-37(24-20-18-13-8-2)31-40(30-36)41(33(6)38(32-43-42)25-16-11-5)39-28-34(21-14-9-3)26-35(29-39)22-15-10-4;;;/h26-31H,7-25H2,1-6H3;2*1H3;/q;2*-1;+2. The van der Waals surface area contributed by atoms with Crippen LogP contribution in [0.1, 0.15) is 171 Å². The molecule has 0 unspecified atom stereocenters. The van der Waals surface area contributed by atoms with Crippen LogP contribution in [-0.4, -0.2) is 10.7 Å². The predicted octanol–water partition coefficient (Wildman–Crippen LogP) is 13.4. The molecule has 260 valence electrons. The quantitative estimate of drug-likeness (QED) is 0.0227. The molecule has 46 heavy (non-hydrogen) atoms. The Labute approximate surface area is 296 Å². The summed E-state index contributed by atoms with van der Waals surface area (Å²) in [6, 6.07) is 14.8. The van der Waals surface area contributed by atoms with Crippen molar-refractivity contribution in [2.24, 2.45) is 0 Å². The molecule has 0 amide bonds. The van der Waals surface area contributed by atoms with E-state index in [1.165, 1.54) is 122 Å². The summed E-state index contributed by atoms with van der Waals surface area (Å²) < 4.78 is 0. The van der Waals surface area contributed by atoms with E-state index in [9.17, 15) is 5.53 Å². The summed E-state index contributed by atoms with van der Waals surface area (Å²) in [5, 5.41) is 0. The van der Waals surface area contributed by atoms with Gasteiger partial charge in [0.15, 0.2) is 0 Å². The minimum atomic E-state index is 0. The molecule has 0 aliphatic carbocycles. The molecular weight excluding hydrogens is 603 g/mol. The number of allylic oxidation sites excluding steroid dienone is 2. The van der Waals surface area contributed by atoms with Crippen LogP contribution in [0.2, 0.25) is 0 Å². The Morgan fingerprint density at radius 2 is 0.913 bits per heavy atom. The van der Waals surface area contributed by atoms with Gasteiger partial charge in [-0.15, -0.1) is 4.79 Å². The molecular formula is C43H68N2Ni. The zero-order valence-electron chi connectivity index (χ0n) is 31.1. The topological polar surface area (TPSA) is 36.4 Å². The van der Waals surface area contributed by atoms with Gasteiger partial charge in [0, 0.05) is 0 Å². The van der Waals surface area contributed by atoms with Crippen molar-refractivity contribution in [2.45, 2.75) is 164 Å². The van der Waals surface area contributed by atoms with Crippen molar-refractivity contribution in [1.29, 1.82) is 0 Å². The van der Waals surface area contributed by atoms with Crippen molar-refractivity contribution in [1.82, 2.24) is 0 Å². The molecule has 0 N–H and O–H groups in total. The van der Waals surface area contributed by atoms with Crippen LogP contribution in [0, 0.1) is 14.9 Å². The average Bonchev–Trinajstić information content (AvgIpc) is 3.01. The van der Waals surface area contributed by atoms with Crippen LogP contribution in [0.5, 0.6) is 0 Å². The molecule has 2 aromatic carbocycles. The Kier molecular flexibility index (Phi) is 27.9. The Bertz CT molecular complexity index is 1150. The Hall–Kier alpha value is -2.17. The largest absolute Gasteiger partial charge is 2.00 e. The van der Waals surface area contributed by atoms with Crippen molar-refractivity contribution < 1.29 is 21.3 Å². The van der Waals surface area contributed by atoms with E-state index in [1.54, 1.807) is 0 Å². The zero-order chi connectivity index (χ0) is 31.3. The molecule has 3 heteroatoms. The van der Waals surface area contributed by atoms with E-state index in [-0.39, 0.29) is 31.3 Å². The van der Waals surface area contributed by atoms with E-state index in [2.05, 4.69) is 88.6 Å². The number of unbranched alkanes of at least 4 members (excludes halogenated alkanes) is 9. The summed E-state index contributed by atoms with van der Waals surface area (Å²) in [7, 11) is 0. The first-order valence-corrected chi connectivity index (χ1v) is 17.9. The van der Waals surface area contributed by atoms with Gasteiger partial charge in [0.1, 0.15) is 0 Å². The molecule has 0 fully saturated rings. The Balaban J connectivity index is 0. The minimum absolute atomic E-state index is 0. The Morgan fingerprint density at radius 3 is 1.26 bits per heavy atom. The van der Waals surface area contributed by atoms with Gasteiger partial charge in [-0.25, -0.2) is 0 Å². The predicted molar refractivity (Wildman–Crippen MR) is 202 cm³/mol. The summed E-state index contributed by atoms with van der Waals surface area (Å²) >= 11 is 0. The molecule has 0 spiro atoms. The van der Waals surface area contributed by atoms with Crippen LogP contribution in [0.4, 0.5) is 0 Å². The summed E-state index contributed by atoms with van der Waals surface area (Å²) in [5.41, 5.74) is 21.6. The van der Waals surface area contributed by atoms with Gasteiger partial charge in [0.2, 0.25) is 0 Å². The second-order valence-electron chi connectivity index (χ2n) is 12.7. The van der Waals surface area contributed by atoms with Gasteiger partial charge < -0.3 is 20.4 Å². The molecule has 2 nitrogen and oxygen atoms in total. The first-order chi connectivity index (χ1) is 21.0. The second kappa shape index (κ2) is 27.9. The summed E-state index contributed by atoms with van der Waals surface area (Å²) in [5.74, 6) is 3.00. The average molecular weight is 672 g/mol. The molecule has 0 saturated heterocycles. The van der Waals surface area contributed by atoms with Crippen LogP contribution in [0.15, 0.2) is 47.5 Å². The number of hydrogen-bond acceptors (Lipinski definition) is 0. The van der Waals surface area contributed by atoms with E-state index < -0.39 is 0 Å². The van der Waals surface area contributed by atoms with Gasteiger partial charge >= 0.3 is 22.4 Å². The molecule has 2 rings (SSSR count). The molecule has 0 bridgehead atoms. The third-order valence-corrected chi connectivity index (χ3v) is 8.75. The maximum absolute atomic E-state index is 9.63. The normalized spacial score (nSPS) is 10.9. The fraction of sp³-hybridized carbons (Fsp3) is 0.581. The molecule has 0 atom stereocenters. The number of benzene rings is 2. The fourth-order valence-electron chi connectivity index (χ4n) is 6.16. The smallest absolute Gasteiger partial charge is 0.358 e. The monoisotopic (exact) mass is 670 g/mol. The van der Waals surface area contributed by atoms with Gasteiger partial charge in [-0.1, -0.05) is 129 Å². The van der Waals surface area contributed by atoms with Crippen molar-refractivity contribution in [3.63, 3.8) is 0 Å². The SMILES string of the molecule is CCCCCCc1cc(CCCCCC)cc(C(=C(C)C(=C=[N+]=[N-])CCCC)c2cc(CCCC)cc(CCCC)c2)c1.[CH3-].[CH3-].[Ni+2]. The van der Waals surface area contributed by atoms with E-state index in [0.29, 0.717) is 0 Å². The number of rotatable bonds is 22. The van der Waals surface area contributed by atoms with E-state index in [4.69, 9.17) is 0 Å². The Morgan fingerprint density at radius 1 is 0.543 bits per heavy atom. The molecule has 0 saturated carbocycles. The minimum Gasteiger partial charge on any atom is -0.358 e. The molecule has 0 aliphatic rings. The van der Waals surface area contributed by atoms with Crippen molar-refractivity contribution >= 4 is 11.4 Å². The number of hydrogen-bond donors (Lipinski definition) is 0. The zero-order valence-corrected chi connectivity index (χ0v) is 32.1. The third-order valence-electron chi connectivity index (χ3n) is 8.75. The van der Waals surface area contributed by atoms with Crippen LogP contribution in [0.25, 0.3) is 11.1 Å². The molecule has 0 aromatic heterocycles. The van der Waals surface area contributed by atoms with Gasteiger partial charge in [-0.05, 0) is 116 Å².